The summed E-state index contributed by atoms with van der Waals surface area (Å²) >= 11 is 0. The van der Waals surface area contributed by atoms with Gasteiger partial charge in [-0.25, -0.2) is 0 Å². The van der Waals surface area contributed by atoms with E-state index in [9.17, 15) is 9.90 Å². The van der Waals surface area contributed by atoms with Crippen molar-refractivity contribution in [2.24, 2.45) is 0 Å². The fraction of sp³-hybridized carbons (Fsp3) is 0.611. The monoisotopic (exact) mass is 334 g/mol. The fourth-order valence-electron chi connectivity index (χ4n) is 3.39. The van der Waals surface area contributed by atoms with Crippen LogP contribution in [0.4, 0.5) is 0 Å². The third-order valence-electron chi connectivity index (χ3n) is 4.74. The van der Waals surface area contributed by atoms with Crippen LogP contribution in [0, 0.1) is 0 Å². The molecule has 1 aliphatic carbocycles. The Bertz CT molecular complexity index is 572. The summed E-state index contributed by atoms with van der Waals surface area (Å²) in [6, 6.07) is 5.40. The van der Waals surface area contributed by atoms with E-state index in [0.29, 0.717) is 25.3 Å². The van der Waals surface area contributed by atoms with Crippen LogP contribution in [-0.2, 0) is 11.3 Å². The van der Waals surface area contributed by atoms with Gasteiger partial charge in [0.05, 0.1) is 25.4 Å². The number of para-hydroxylation sites is 1. The zero-order valence-corrected chi connectivity index (χ0v) is 14.1. The summed E-state index contributed by atoms with van der Waals surface area (Å²) in [4.78, 5) is 12.2. The molecule has 2 aliphatic rings. The first kappa shape index (κ1) is 17.0. The Hall–Kier alpha value is -1.79. The first-order valence-corrected chi connectivity index (χ1v) is 8.69. The lowest BCUT2D eigenvalue weighted by molar-refractivity contribution is -0.123. The van der Waals surface area contributed by atoms with E-state index in [1.165, 1.54) is 12.8 Å². The summed E-state index contributed by atoms with van der Waals surface area (Å²) in [6.45, 7) is 0.847. The molecule has 1 aromatic rings. The number of hydrogen-bond donors (Lipinski definition) is 3. The van der Waals surface area contributed by atoms with Gasteiger partial charge in [0.1, 0.15) is 0 Å². The number of ether oxygens (including phenoxy) is 2. The minimum absolute atomic E-state index is 0.0961. The highest BCUT2D eigenvalue weighted by Crippen LogP contribution is 2.34. The van der Waals surface area contributed by atoms with E-state index in [0.717, 1.165) is 24.2 Å². The Morgan fingerprint density at radius 2 is 2.17 bits per heavy atom. The van der Waals surface area contributed by atoms with E-state index in [1.807, 2.05) is 18.2 Å². The van der Waals surface area contributed by atoms with Gasteiger partial charge in [0.2, 0.25) is 5.91 Å². The molecule has 0 spiro atoms. The van der Waals surface area contributed by atoms with Crippen LogP contribution in [-0.4, -0.2) is 42.9 Å². The predicted molar refractivity (Wildman–Crippen MR) is 90.1 cm³/mol. The van der Waals surface area contributed by atoms with E-state index < -0.39 is 6.10 Å². The van der Waals surface area contributed by atoms with Gasteiger partial charge in [0.15, 0.2) is 11.5 Å². The molecule has 24 heavy (non-hydrogen) atoms. The maximum atomic E-state index is 12.2. The Labute approximate surface area is 142 Å². The number of rotatable bonds is 6. The molecule has 3 rings (SSSR count). The zero-order chi connectivity index (χ0) is 16.9. The topological polar surface area (TPSA) is 79.8 Å². The molecule has 1 amide bonds. The lowest BCUT2D eigenvalue weighted by Gasteiger charge is -2.20. The summed E-state index contributed by atoms with van der Waals surface area (Å²) in [6.07, 6.45) is 4.75. The van der Waals surface area contributed by atoms with E-state index in [1.54, 1.807) is 7.11 Å². The van der Waals surface area contributed by atoms with Gasteiger partial charge in [-0.3, -0.25) is 4.79 Å². The molecule has 2 atom stereocenters. The molecule has 6 heteroatoms. The number of aliphatic hydroxyl groups excluding tert-OH is 1. The van der Waals surface area contributed by atoms with Gasteiger partial charge in [-0.05, 0) is 38.2 Å². The molecule has 0 bridgehead atoms. The molecule has 1 saturated heterocycles. The van der Waals surface area contributed by atoms with Gasteiger partial charge in [-0.15, -0.1) is 0 Å². The van der Waals surface area contributed by atoms with Gasteiger partial charge >= 0.3 is 0 Å². The molecule has 1 aliphatic heterocycles. The Morgan fingerprint density at radius 3 is 2.83 bits per heavy atom. The van der Waals surface area contributed by atoms with Crippen molar-refractivity contribution in [3.05, 3.63) is 23.8 Å². The van der Waals surface area contributed by atoms with Crippen LogP contribution < -0.4 is 20.1 Å². The molecule has 2 fully saturated rings. The van der Waals surface area contributed by atoms with E-state index in [-0.39, 0.29) is 18.1 Å². The number of methoxy groups -OCH3 is 1. The number of nitrogens with one attached hydrogen (secondary N) is 2. The zero-order valence-electron chi connectivity index (χ0n) is 14.1. The number of amides is 1. The van der Waals surface area contributed by atoms with Crippen molar-refractivity contribution in [1.82, 2.24) is 10.6 Å². The van der Waals surface area contributed by atoms with E-state index in [4.69, 9.17) is 9.47 Å². The largest absolute Gasteiger partial charge is 0.493 e. The van der Waals surface area contributed by atoms with Crippen molar-refractivity contribution >= 4 is 5.91 Å². The molecule has 0 aromatic heterocycles. The van der Waals surface area contributed by atoms with Crippen molar-refractivity contribution < 1.29 is 19.4 Å². The van der Waals surface area contributed by atoms with Crippen LogP contribution in [0.5, 0.6) is 11.5 Å². The smallest absolute Gasteiger partial charge is 0.237 e. The lowest BCUT2D eigenvalue weighted by atomic mass is 10.1. The maximum absolute atomic E-state index is 12.2. The summed E-state index contributed by atoms with van der Waals surface area (Å²) < 4.78 is 11.6. The number of hydrogen-bond acceptors (Lipinski definition) is 5. The quantitative estimate of drug-likeness (QED) is 0.732. The van der Waals surface area contributed by atoms with Crippen LogP contribution in [0.25, 0.3) is 0 Å². The average Bonchev–Trinajstić information content (AvgIpc) is 3.25. The summed E-state index contributed by atoms with van der Waals surface area (Å²) in [7, 11) is 1.63. The number of benzene rings is 1. The normalized spacial score (nSPS) is 24.1. The molecule has 6 nitrogen and oxygen atoms in total. The fourth-order valence-corrected chi connectivity index (χ4v) is 3.39. The lowest BCUT2D eigenvalue weighted by Crippen LogP contribution is -2.40. The second kappa shape index (κ2) is 7.85. The molecule has 0 unspecified atom stereocenters. The Balaban J connectivity index is 1.66. The Morgan fingerprint density at radius 1 is 1.38 bits per heavy atom. The van der Waals surface area contributed by atoms with E-state index >= 15 is 0 Å². The minimum Gasteiger partial charge on any atom is -0.493 e. The highest BCUT2D eigenvalue weighted by Gasteiger charge is 2.28. The molecule has 1 aromatic carbocycles. The molecular weight excluding hydrogens is 308 g/mol. The summed E-state index contributed by atoms with van der Waals surface area (Å²) in [5.41, 5.74) is 0.910. The molecule has 1 saturated carbocycles. The number of β-amino-alcohol motifs (C(OH)–C–C–N with tert-alkyl or cyclic N) is 1. The van der Waals surface area contributed by atoms with Crippen LogP contribution in [0.15, 0.2) is 18.2 Å². The summed E-state index contributed by atoms with van der Waals surface area (Å²) in [5, 5.41) is 15.5. The van der Waals surface area contributed by atoms with Gasteiger partial charge in [-0.1, -0.05) is 12.1 Å². The van der Waals surface area contributed by atoms with Crippen LogP contribution in [0.3, 0.4) is 0 Å². The molecule has 0 radical (unpaired) electrons. The van der Waals surface area contributed by atoms with Crippen LogP contribution >= 0.6 is 0 Å². The van der Waals surface area contributed by atoms with Crippen LogP contribution in [0.2, 0.25) is 0 Å². The standard InChI is InChI=1S/C18H26N2O4/c1-23-16-8-4-5-12(17(16)24-14-6-2-3-7-14)10-20-18(22)15-9-13(21)11-19-15/h4-5,8,13-15,19,21H,2-3,6-7,9-11H2,1H3,(H,20,22)/t13-,15+/m0/s1. The predicted octanol–water partition coefficient (Wildman–Crippen LogP) is 1.36. The summed E-state index contributed by atoms with van der Waals surface area (Å²) in [5.74, 6) is 1.33. The third kappa shape index (κ3) is 3.99. The highest BCUT2D eigenvalue weighted by atomic mass is 16.5. The van der Waals surface area contributed by atoms with Crippen molar-refractivity contribution in [3.8, 4) is 11.5 Å². The first-order chi connectivity index (χ1) is 11.7. The number of carbonyl (C=O) groups is 1. The van der Waals surface area contributed by atoms with Gasteiger partial charge < -0.3 is 25.2 Å². The molecular formula is C18H26N2O4. The van der Waals surface area contributed by atoms with Gasteiger partial charge in [0, 0.05) is 18.7 Å². The molecule has 3 N–H and O–H groups in total. The van der Waals surface area contributed by atoms with Crippen molar-refractivity contribution in [2.45, 2.75) is 56.9 Å². The minimum atomic E-state index is -0.446. The molecule has 1 heterocycles. The van der Waals surface area contributed by atoms with Gasteiger partial charge in [0.25, 0.3) is 0 Å². The van der Waals surface area contributed by atoms with Crippen molar-refractivity contribution in [3.63, 3.8) is 0 Å². The molecule has 132 valence electrons. The maximum Gasteiger partial charge on any atom is 0.237 e. The second-order valence-electron chi connectivity index (χ2n) is 6.54. The first-order valence-electron chi connectivity index (χ1n) is 8.69. The third-order valence-corrected chi connectivity index (χ3v) is 4.74. The van der Waals surface area contributed by atoms with Crippen molar-refractivity contribution in [1.29, 1.82) is 0 Å². The highest BCUT2D eigenvalue weighted by molar-refractivity contribution is 5.82. The van der Waals surface area contributed by atoms with Crippen LogP contribution in [0.1, 0.15) is 37.7 Å². The van der Waals surface area contributed by atoms with E-state index in [2.05, 4.69) is 10.6 Å². The SMILES string of the molecule is COc1cccc(CNC(=O)[C@H]2C[C@H](O)CN2)c1OC1CCCC1. The van der Waals surface area contributed by atoms with Crippen molar-refractivity contribution in [2.75, 3.05) is 13.7 Å². The number of carbonyl (C=O) groups excluding carboxylic acids is 1. The van der Waals surface area contributed by atoms with Gasteiger partial charge in [-0.2, -0.15) is 0 Å². The Kier molecular flexibility index (Phi) is 5.58. The second-order valence-corrected chi connectivity index (χ2v) is 6.54. The number of aliphatic hydroxyl groups is 1. The average molecular weight is 334 g/mol.